The van der Waals surface area contributed by atoms with Gasteiger partial charge in [-0.1, -0.05) is 72.3 Å². The number of hydrogen-bond donors (Lipinski definition) is 1. The summed E-state index contributed by atoms with van der Waals surface area (Å²) in [5, 5.41) is 8.56. The molecule has 4 rings (SSSR count). The molecule has 0 aliphatic heterocycles. The summed E-state index contributed by atoms with van der Waals surface area (Å²) in [6.07, 6.45) is 5.75. The lowest BCUT2D eigenvalue weighted by Crippen LogP contribution is -2.25. The number of benzene rings is 2. The summed E-state index contributed by atoms with van der Waals surface area (Å²) in [5.74, 6) is 0.988. The van der Waals surface area contributed by atoms with Crippen molar-refractivity contribution in [3.05, 3.63) is 93.2 Å². The van der Waals surface area contributed by atoms with Crippen molar-refractivity contribution in [2.24, 2.45) is 0 Å². The molecule has 0 amide bonds. The van der Waals surface area contributed by atoms with E-state index < -0.39 is 0 Å². The maximum Gasteiger partial charge on any atom is 0.0660 e. The van der Waals surface area contributed by atoms with Crippen molar-refractivity contribution in [3.63, 3.8) is 0 Å². The first-order valence-electron chi connectivity index (χ1n) is 10.7. The third-order valence-electron chi connectivity index (χ3n) is 6.07. The number of hydrogen-bond acceptors (Lipinski definition) is 2. The van der Waals surface area contributed by atoms with Crippen molar-refractivity contribution in [1.29, 1.82) is 0 Å². The molecule has 0 radical (unpaired) electrons. The molecule has 0 saturated heterocycles. The van der Waals surface area contributed by atoms with Crippen LogP contribution in [0.3, 0.4) is 0 Å². The van der Waals surface area contributed by atoms with Crippen LogP contribution in [-0.2, 0) is 6.54 Å². The van der Waals surface area contributed by atoms with Crippen molar-refractivity contribution in [1.82, 2.24) is 15.1 Å². The minimum absolute atomic E-state index is 0.396. The van der Waals surface area contributed by atoms with E-state index in [2.05, 4.69) is 108 Å². The Morgan fingerprint density at radius 3 is 2.57 bits per heavy atom. The van der Waals surface area contributed by atoms with Gasteiger partial charge in [-0.05, 0) is 55.5 Å². The highest BCUT2D eigenvalue weighted by Crippen LogP contribution is 2.34. The molecule has 0 saturated carbocycles. The molecule has 156 valence electrons. The Balaban J connectivity index is 1.43. The molecule has 2 atom stereocenters. The lowest BCUT2D eigenvalue weighted by molar-refractivity contribution is 0.559. The van der Waals surface area contributed by atoms with Gasteiger partial charge >= 0.3 is 0 Å². The van der Waals surface area contributed by atoms with Crippen LogP contribution in [0.15, 0.2) is 65.2 Å². The van der Waals surface area contributed by atoms with Crippen LogP contribution in [0.5, 0.6) is 0 Å². The van der Waals surface area contributed by atoms with Crippen LogP contribution in [0.25, 0.3) is 5.69 Å². The van der Waals surface area contributed by atoms with E-state index in [0.29, 0.717) is 17.9 Å². The fraction of sp³-hybridized carbons (Fsp3) is 0.346. The Kier molecular flexibility index (Phi) is 6.26. The van der Waals surface area contributed by atoms with Crippen LogP contribution >= 0.6 is 15.9 Å². The Hall–Kier alpha value is -2.17. The zero-order valence-corrected chi connectivity index (χ0v) is 19.8. The molecule has 1 aliphatic carbocycles. The zero-order chi connectivity index (χ0) is 21.3. The third-order valence-corrected chi connectivity index (χ3v) is 6.56. The summed E-state index contributed by atoms with van der Waals surface area (Å²) in [5.41, 5.74) is 7.53. The van der Waals surface area contributed by atoms with E-state index in [1.165, 1.54) is 22.4 Å². The Bertz CT molecular complexity index is 1050. The lowest BCUT2D eigenvalue weighted by Gasteiger charge is -2.15. The molecule has 1 aromatic heterocycles. The zero-order valence-electron chi connectivity index (χ0n) is 18.2. The van der Waals surface area contributed by atoms with Crippen LogP contribution in [-0.4, -0.2) is 15.8 Å². The first-order valence-corrected chi connectivity index (χ1v) is 11.5. The molecule has 30 heavy (non-hydrogen) atoms. The number of aryl methyl sites for hydroxylation is 1. The SMILES string of the molecule is Cc1nn(-c2cccc(Br)c2)c(C)c1C1C=CC(NCc2ccc(C(C)C)cc2)C1. The molecule has 0 spiro atoms. The van der Waals surface area contributed by atoms with Crippen LogP contribution in [0.2, 0.25) is 0 Å². The van der Waals surface area contributed by atoms with E-state index in [-0.39, 0.29) is 0 Å². The van der Waals surface area contributed by atoms with Crippen molar-refractivity contribution in [3.8, 4) is 5.69 Å². The Morgan fingerprint density at radius 2 is 1.87 bits per heavy atom. The van der Waals surface area contributed by atoms with Gasteiger partial charge in [-0.15, -0.1) is 0 Å². The van der Waals surface area contributed by atoms with E-state index in [1.54, 1.807) is 0 Å². The molecule has 0 bridgehead atoms. The smallest absolute Gasteiger partial charge is 0.0660 e. The number of allylic oxidation sites excluding steroid dienone is 1. The molecule has 3 aromatic rings. The minimum Gasteiger partial charge on any atom is -0.306 e. The van der Waals surface area contributed by atoms with Crippen LogP contribution in [0.4, 0.5) is 0 Å². The molecule has 4 heteroatoms. The molecular formula is C26H30BrN3. The lowest BCUT2D eigenvalue weighted by atomic mass is 9.95. The highest BCUT2D eigenvalue weighted by Gasteiger charge is 2.26. The summed E-state index contributed by atoms with van der Waals surface area (Å²) in [7, 11) is 0. The molecule has 3 nitrogen and oxygen atoms in total. The average Bonchev–Trinajstić information content (AvgIpc) is 3.30. The predicted molar refractivity (Wildman–Crippen MR) is 128 cm³/mol. The van der Waals surface area contributed by atoms with Crippen LogP contribution in [0.1, 0.15) is 60.2 Å². The van der Waals surface area contributed by atoms with Crippen molar-refractivity contribution < 1.29 is 0 Å². The van der Waals surface area contributed by atoms with Gasteiger partial charge in [-0.2, -0.15) is 5.10 Å². The largest absolute Gasteiger partial charge is 0.306 e. The summed E-state index contributed by atoms with van der Waals surface area (Å²) >= 11 is 3.57. The summed E-state index contributed by atoms with van der Waals surface area (Å²) < 4.78 is 3.14. The number of nitrogens with one attached hydrogen (secondary N) is 1. The Morgan fingerprint density at radius 1 is 1.10 bits per heavy atom. The molecular weight excluding hydrogens is 434 g/mol. The molecule has 2 aromatic carbocycles. The summed E-state index contributed by atoms with van der Waals surface area (Å²) in [6, 6.07) is 17.7. The topological polar surface area (TPSA) is 29.9 Å². The normalized spacial score (nSPS) is 18.5. The van der Waals surface area contributed by atoms with Gasteiger partial charge in [-0.3, -0.25) is 0 Å². The van der Waals surface area contributed by atoms with Crippen LogP contribution in [0, 0.1) is 13.8 Å². The fourth-order valence-electron chi connectivity index (χ4n) is 4.38. The van der Waals surface area contributed by atoms with Gasteiger partial charge < -0.3 is 5.32 Å². The van der Waals surface area contributed by atoms with Crippen molar-refractivity contribution >= 4 is 15.9 Å². The summed E-state index contributed by atoms with van der Waals surface area (Å²) in [4.78, 5) is 0. The average molecular weight is 464 g/mol. The molecule has 0 fully saturated rings. The van der Waals surface area contributed by atoms with Gasteiger partial charge in [0.05, 0.1) is 11.4 Å². The van der Waals surface area contributed by atoms with E-state index in [1.807, 2.05) is 6.07 Å². The monoisotopic (exact) mass is 463 g/mol. The van der Waals surface area contributed by atoms with Gasteiger partial charge in [0.2, 0.25) is 0 Å². The highest BCUT2D eigenvalue weighted by atomic mass is 79.9. The quantitative estimate of drug-likeness (QED) is 0.418. The summed E-state index contributed by atoms with van der Waals surface area (Å²) in [6.45, 7) is 9.68. The first-order chi connectivity index (χ1) is 14.4. The van der Waals surface area contributed by atoms with Crippen molar-refractivity contribution in [2.45, 2.75) is 58.5 Å². The number of halogens is 1. The fourth-order valence-corrected chi connectivity index (χ4v) is 4.77. The van der Waals surface area contributed by atoms with E-state index in [0.717, 1.165) is 28.8 Å². The predicted octanol–water partition coefficient (Wildman–Crippen LogP) is 6.58. The molecule has 1 heterocycles. The first kappa shape index (κ1) is 21.1. The standard InChI is InChI=1S/C26H30BrN3/c1-17(2)21-10-8-20(9-11-21)16-28-24-13-12-22(14-24)26-18(3)29-30(19(26)4)25-7-5-6-23(27)15-25/h5-13,15,17,22,24,28H,14,16H2,1-4H3. The van der Waals surface area contributed by atoms with E-state index in [4.69, 9.17) is 5.10 Å². The number of aromatic nitrogens is 2. The van der Waals surface area contributed by atoms with Crippen LogP contribution < -0.4 is 5.32 Å². The second-order valence-corrected chi connectivity index (χ2v) is 9.50. The maximum absolute atomic E-state index is 4.85. The van der Waals surface area contributed by atoms with Gasteiger partial charge in [0.1, 0.15) is 0 Å². The second-order valence-electron chi connectivity index (χ2n) is 8.59. The number of rotatable bonds is 6. The van der Waals surface area contributed by atoms with Gasteiger partial charge in [0.15, 0.2) is 0 Å². The van der Waals surface area contributed by atoms with Gasteiger partial charge in [-0.25, -0.2) is 4.68 Å². The second kappa shape index (κ2) is 8.91. The van der Waals surface area contributed by atoms with Crippen molar-refractivity contribution in [2.75, 3.05) is 0 Å². The van der Waals surface area contributed by atoms with Gasteiger partial charge in [0.25, 0.3) is 0 Å². The third kappa shape index (κ3) is 4.45. The minimum atomic E-state index is 0.396. The number of nitrogens with zero attached hydrogens (tertiary/aromatic N) is 2. The van der Waals surface area contributed by atoms with Gasteiger partial charge in [0, 0.05) is 34.2 Å². The van der Waals surface area contributed by atoms with E-state index >= 15 is 0 Å². The Labute approximate surface area is 188 Å². The molecule has 1 aliphatic rings. The molecule has 1 N–H and O–H groups in total. The molecule has 2 unspecified atom stereocenters. The van der Waals surface area contributed by atoms with E-state index in [9.17, 15) is 0 Å². The maximum atomic E-state index is 4.85. The highest BCUT2D eigenvalue weighted by molar-refractivity contribution is 9.10.